The van der Waals surface area contributed by atoms with Gasteiger partial charge in [-0.05, 0) is 48.4 Å². The number of benzene rings is 2. The maximum Gasteiger partial charge on any atom is 0.317 e. The molecule has 2 aromatic carbocycles. The molecule has 0 saturated heterocycles. The molecule has 8 nitrogen and oxygen atoms in total. The van der Waals surface area contributed by atoms with Gasteiger partial charge < -0.3 is 20.3 Å². The summed E-state index contributed by atoms with van der Waals surface area (Å²) in [6.07, 6.45) is 1.92. The number of anilines is 1. The predicted octanol–water partition coefficient (Wildman–Crippen LogP) is 3.24. The van der Waals surface area contributed by atoms with Crippen LogP contribution >= 0.6 is 0 Å². The first-order valence-corrected chi connectivity index (χ1v) is 9.70. The van der Waals surface area contributed by atoms with Crippen LogP contribution in [0, 0.1) is 11.6 Å². The molecule has 1 atom stereocenters. The van der Waals surface area contributed by atoms with E-state index >= 15 is 0 Å². The molecule has 10 heteroatoms. The molecule has 0 bridgehead atoms. The minimum atomic E-state index is -1.18. The lowest BCUT2D eigenvalue weighted by molar-refractivity contribution is -0.245. The normalized spacial score (nSPS) is 11.4. The third-order valence-corrected chi connectivity index (χ3v) is 4.47. The highest BCUT2D eigenvalue weighted by molar-refractivity contribution is 5.99. The van der Waals surface area contributed by atoms with Gasteiger partial charge in [0.15, 0.2) is 6.73 Å². The van der Waals surface area contributed by atoms with Crippen molar-refractivity contribution in [2.45, 2.75) is 18.9 Å². The van der Waals surface area contributed by atoms with Crippen LogP contribution in [0.5, 0.6) is 5.75 Å². The maximum absolute atomic E-state index is 13.7. The molecule has 2 aromatic rings. The minimum Gasteiger partial charge on any atom is -0.497 e. The SMILES string of the molecule is C=CCCN(C(=O)[C@H](Cc1cc(F)cc(F)c1)NC(=O)NCOO)c1ccc(OC)cc1. The molecule has 0 fully saturated rings. The predicted molar refractivity (Wildman–Crippen MR) is 114 cm³/mol. The van der Waals surface area contributed by atoms with Gasteiger partial charge in [0.25, 0.3) is 0 Å². The Labute approximate surface area is 184 Å². The fraction of sp³-hybridized carbons (Fsp3) is 0.273. The van der Waals surface area contributed by atoms with Crippen molar-refractivity contribution in [2.24, 2.45) is 0 Å². The van der Waals surface area contributed by atoms with Crippen molar-refractivity contribution in [3.63, 3.8) is 0 Å². The molecular formula is C22H25F2N3O5. The Kier molecular flexibility index (Phi) is 9.58. The van der Waals surface area contributed by atoms with E-state index in [1.807, 2.05) is 0 Å². The molecule has 0 aliphatic heterocycles. The Morgan fingerprint density at radius 2 is 1.84 bits per heavy atom. The number of nitrogens with zero attached hydrogens (tertiary/aromatic N) is 1. The van der Waals surface area contributed by atoms with Crippen LogP contribution in [-0.4, -0.2) is 43.6 Å². The first kappa shape index (κ1) is 24.8. The van der Waals surface area contributed by atoms with Crippen LogP contribution in [0.1, 0.15) is 12.0 Å². The molecule has 2 rings (SSSR count). The van der Waals surface area contributed by atoms with E-state index in [0.717, 1.165) is 12.1 Å². The summed E-state index contributed by atoms with van der Waals surface area (Å²) in [6, 6.07) is 7.61. The lowest BCUT2D eigenvalue weighted by Crippen LogP contribution is -2.53. The van der Waals surface area contributed by atoms with Crippen LogP contribution in [0.2, 0.25) is 0 Å². The molecule has 0 radical (unpaired) electrons. The van der Waals surface area contributed by atoms with Gasteiger partial charge in [-0.3, -0.25) is 4.79 Å². The number of halogens is 2. The van der Waals surface area contributed by atoms with E-state index in [-0.39, 0.29) is 18.5 Å². The summed E-state index contributed by atoms with van der Waals surface area (Å²) in [5.74, 6) is -1.52. The number of urea groups is 1. The number of methoxy groups -OCH3 is 1. The fourth-order valence-electron chi connectivity index (χ4n) is 3.01. The van der Waals surface area contributed by atoms with Crippen molar-refractivity contribution in [1.82, 2.24) is 10.6 Å². The number of nitrogens with one attached hydrogen (secondary N) is 2. The van der Waals surface area contributed by atoms with Gasteiger partial charge in [-0.1, -0.05) is 6.08 Å². The quantitative estimate of drug-likeness (QED) is 0.212. The minimum absolute atomic E-state index is 0.179. The maximum atomic E-state index is 13.7. The van der Waals surface area contributed by atoms with E-state index in [4.69, 9.17) is 9.99 Å². The lowest BCUT2D eigenvalue weighted by Gasteiger charge is -2.28. The second kappa shape index (κ2) is 12.4. The Morgan fingerprint density at radius 3 is 2.41 bits per heavy atom. The second-order valence-corrected chi connectivity index (χ2v) is 6.72. The highest BCUT2D eigenvalue weighted by atomic mass is 19.1. The van der Waals surface area contributed by atoms with Gasteiger partial charge in [-0.15, -0.1) is 6.58 Å². The van der Waals surface area contributed by atoms with Crippen LogP contribution < -0.4 is 20.3 Å². The Bertz CT molecular complexity index is 904. The highest BCUT2D eigenvalue weighted by Crippen LogP contribution is 2.21. The summed E-state index contributed by atoms with van der Waals surface area (Å²) in [5.41, 5.74) is 0.715. The molecule has 0 heterocycles. The van der Waals surface area contributed by atoms with E-state index in [1.165, 1.54) is 12.0 Å². The molecule has 172 valence electrons. The van der Waals surface area contributed by atoms with Gasteiger partial charge in [-0.2, -0.15) is 0 Å². The molecule has 0 aromatic heterocycles. The summed E-state index contributed by atoms with van der Waals surface area (Å²) in [4.78, 5) is 30.8. The molecule has 3 N–H and O–H groups in total. The zero-order valence-electron chi connectivity index (χ0n) is 17.5. The number of amides is 3. The molecule has 32 heavy (non-hydrogen) atoms. The summed E-state index contributed by atoms with van der Waals surface area (Å²) >= 11 is 0. The molecule has 0 unspecified atom stereocenters. The fourth-order valence-corrected chi connectivity index (χ4v) is 3.01. The van der Waals surface area contributed by atoms with Gasteiger partial charge in [0.05, 0.1) is 7.11 Å². The van der Waals surface area contributed by atoms with Crippen molar-refractivity contribution in [1.29, 1.82) is 0 Å². The van der Waals surface area contributed by atoms with Gasteiger partial charge in [-0.25, -0.2) is 23.7 Å². The van der Waals surface area contributed by atoms with E-state index < -0.39 is 36.3 Å². The smallest absolute Gasteiger partial charge is 0.317 e. The Balaban J connectivity index is 2.35. The standard InChI is InChI=1S/C22H25F2N3O5/c1-3-4-9-27(18-5-7-19(31-2)8-6-18)21(28)20(26-22(29)25-14-32-30)12-15-10-16(23)13-17(24)11-15/h3,5-8,10-11,13,20,30H,1,4,9,12,14H2,2H3,(H2,25,26,29)/t20-/m0/s1. The number of rotatable bonds is 11. The van der Waals surface area contributed by atoms with Crippen LogP contribution in [0.3, 0.4) is 0 Å². The Morgan fingerprint density at radius 1 is 1.19 bits per heavy atom. The van der Waals surface area contributed by atoms with Crippen molar-refractivity contribution in [3.05, 3.63) is 72.3 Å². The van der Waals surface area contributed by atoms with Crippen LogP contribution in [0.15, 0.2) is 55.1 Å². The lowest BCUT2D eigenvalue weighted by atomic mass is 10.0. The van der Waals surface area contributed by atoms with Gasteiger partial charge in [0.2, 0.25) is 5.91 Å². The molecule has 0 spiro atoms. The third-order valence-electron chi connectivity index (χ3n) is 4.47. The monoisotopic (exact) mass is 449 g/mol. The molecular weight excluding hydrogens is 424 g/mol. The number of ether oxygens (including phenoxy) is 1. The van der Waals surface area contributed by atoms with Crippen molar-refractivity contribution in [2.75, 3.05) is 25.3 Å². The first-order valence-electron chi connectivity index (χ1n) is 9.70. The van der Waals surface area contributed by atoms with Crippen LogP contribution in [-0.2, 0) is 16.1 Å². The van der Waals surface area contributed by atoms with E-state index in [2.05, 4.69) is 22.1 Å². The average Bonchev–Trinajstić information content (AvgIpc) is 2.77. The largest absolute Gasteiger partial charge is 0.497 e. The zero-order chi connectivity index (χ0) is 23.5. The molecule has 0 aliphatic carbocycles. The van der Waals surface area contributed by atoms with Crippen LogP contribution in [0.4, 0.5) is 19.3 Å². The summed E-state index contributed by atoms with van der Waals surface area (Å²) < 4.78 is 32.5. The van der Waals surface area contributed by atoms with E-state index in [9.17, 15) is 18.4 Å². The number of hydrogen-bond donors (Lipinski definition) is 3. The van der Waals surface area contributed by atoms with Crippen molar-refractivity contribution < 1.29 is 33.3 Å². The number of carbonyl (C=O) groups excluding carboxylic acids is 2. The molecule has 0 saturated carbocycles. The van der Waals surface area contributed by atoms with Gasteiger partial charge in [0, 0.05) is 24.7 Å². The zero-order valence-corrected chi connectivity index (χ0v) is 17.5. The topological polar surface area (TPSA) is 100 Å². The van der Waals surface area contributed by atoms with Gasteiger partial charge >= 0.3 is 6.03 Å². The van der Waals surface area contributed by atoms with E-state index in [0.29, 0.717) is 23.9 Å². The summed E-state index contributed by atoms with van der Waals surface area (Å²) in [6.45, 7) is 3.41. The average molecular weight is 449 g/mol. The van der Waals surface area contributed by atoms with Gasteiger partial charge in [0.1, 0.15) is 23.4 Å². The van der Waals surface area contributed by atoms with Crippen molar-refractivity contribution in [3.8, 4) is 5.75 Å². The van der Waals surface area contributed by atoms with Crippen LogP contribution in [0.25, 0.3) is 0 Å². The third kappa shape index (κ3) is 7.33. The first-order chi connectivity index (χ1) is 15.4. The highest BCUT2D eigenvalue weighted by Gasteiger charge is 2.27. The Hall–Kier alpha value is -3.50. The number of hydrogen-bond acceptors (Lipinski definition) is 5. The summed E-state index contributed by atoms with van der Waals surface area (Å²) in [7, 11) is 1.52. The van der Waals surface area contributed by atoms with Crippen molar-refractivity contribution >= 4 is 17.6 Å². The second-order valence-electron chi connectivity index (χ2n) is 6.72. The van der Waals surface area contributed by atoms with E-state index in [1.54, 1.807) is 30.3 Å². The number of carbonyl (C=O) groups is 2. The molecule has 0 aliphatic rings. The molecule has 3 amide bonds. The summed E-state index contributed by atoms with van der Waals surface area (Å²) in [5, 5.41) is 13.1.